The molecule has 3 heteroatoms. The Labute approximate surface area is 134 Å². The molecule has 0 amide bonds. The van der Waals surface area contributed by atoms with Crippen molar-refractivity contribution in [2.75, 3.05) is 29.2 Å². The Morgan fingerprint density at radius 3 is 1.77 bits per heavy atom. The maximum atomic E-state index is 3.50. The van der Waals surface area contributed by atoms with E-state index in [-0.39, 0.29) is 0 Å². The van der Waals surface area contributed by atoms with Gasteiger partial charge in [0.1, 0.15) is 0 Å². The van der Waals surface area contributed by atoms with Crippen LogP contribution in [0.15, 0.2) is 54.6 Å². The van der Waals surface area contributed by atoms with E-state index in [0.29, 0.717) is 12.1 Å². The molecule has 0 aliphatic rings. The normalized spacial score (nSPS) is 11.0. The van der Waals surface area contributed by atoms with Gasteiger partial charge < -0.3 is 16.0 Å². The number of nitrogens with one attached hydrogen (secondary N) is 3. The Bertz CT molecular complexity index is 547. The third-order valence-corrected chi connectivity index (χ3v) is 3.97. The molecule has 0 atom stereocenters. The lowest BCUT2D eigenvalue weighted by Crippen LogP contribution is -2.21. The second kappa shape index (κ2) is 7.74. The largest absolute Gasteiger partial charge is 0.385 e. The summed E-state index contributed by atoms with van der Waals surface area (Å²) in [5.74, 6) is 0. The predicted octanol–water partition coefficient (Wildman–Crippen LogP) is 5.02. The molecule has 0 saturated carbocycles. The smallest absolute Gasteiger partial charge is 0.0849 e. The molecule has 0 aromatic heterocycles. The molecule has 0 radical (unpaired) electrons. The third kappa shape index (κ3) is 5.32. The first-order valence-corrected chi connectivity index (χ1v) is 7.96. The molecule has 0 heterocycles. The zero-order valence-electron chi connectivity index (χ0n) is 13.8. The van der Waals surface area contributed by atoms with E-state index in [9.17, 15) is 0 Å². The Balaban J connectivity index is 1.77. The molecule has 2 rings (SSSR count). The zero-order valence-corrected chi connectivity index (χ0v) is 13.8. The van der Waals surface area contributed by atoms with Crippen LogP contribution in [0, 0.1) is 5.41 Å². The fraction of sp³-hybridized carbons (Fsp3) is 0.368. The molecular weight excluding hydrogens is 270 g/mol. The summed E-state index contributed by atoms with van der Waals surface area (Å²) >= 11 is 0. The van der Waals surface area contributed by atoms with Gasteiger partial charge in [0.15, 0.2) is 0 Å². The van der Waals surface area contributed by atoms with Crippen LogP contribution >= 0.6 is 0 Å². The van der Waals surface area contributed by atoms with Crippen molar-refractivity contribution in [1.82, 2.24) is 0 Å². The van der Waals surface area contributed by atoms with Crippen LogP contribution < -0.4 is 16.0 Å². The number of anilines is 3. The van der Waals surface area contributed by atoms with E-state index in [1.165, 1.54) is 12.1 Å². The zero-order chi connectivity index (χ0) is 15.8. The van der Waals surface area contributed by atoms with E-state index in [4.69, 9.17) is 0 Å². The van der Waals surface area contributed by atoms with Crippen molar-refractivity contribution in [2.24, 2.45) is 5.41 Å². The SMILES string of the molecule is CCC(C)(C)CNc1ccc(NCNc2ccccc2)cc1. The molecule has 3 nitrogen and oxygen atoms in total. The van der Waals surface area contributed by atoms with Crippen LogP contribution in [0.5, 0.6) is 0 Å². The van der Waals surface area contributed by atoms with Crippen molar-refractivity contribution in [2.45, 2.75) is 27.2 Å². The summed E-state index contributed by atoms with van der Waals surface area (Å²) < 4.78 is 0. The highest BCUT2D eigenvalue weighted by Crippen LogP contribution is 2.21. The minimum Gasteiger partial charge on any atom is -0.385 e. The highest BCUT2D eigenvalue weighted by Gasteiger charge is 2.14. The van der Waals surface area contributed by atoms with Gasteiger partial charge in [-0.1, -0.05) is 39.0 Å². The average Bonchev–Trinajstić information content (AvgIpc) is 2.55. The van der Waals surface area contributed by atoms with Crippen molar-refractivity contribution in [3.8, 4) is 0 Å². The number of para-hydroxylation sites is 1. The molecule has 22 heavy (non-hydrogen) atoms. The maximum absolute atomic E-state index is 3.50. The van der Waals surface area contributed by atoms with Crippen LogP contribution in [-0.2, 0) is 0 Å². The second-order valence-electron chi connectivity index (χ2n) is 6.35. The van der Waals surface area contributed by atoms with Crippen LogP contribution in [-0.4, -0.2) is 13.2 Å². The van der Waals surface area contributed by atoms with Crippen LogP contribution in [0.25, 0.3) is 0 Å². The van der Waals surface area contributed by atoms with Gasteiger partial charge in [0.25, 0.3) is 0 Å². The van der Waals surface area contributed by atoms with Gasteiger partial charge in [-0.25, -0.2) is 0 Å². The van der Waals surface area contributed by atoms with Gasteiger partial charge in [-0.2, -0.15) is 0 Å². The predicted molar refractivity (Wildman–Crippen MR) is 97.6 cm³/mol. The second-order valence-corrected chi connectivity index (χ2v) is 6.35. The maximum Gasteiger partial charge on any atom is 0.0849 e. The standard InChI is InChI=1S/C19H27N3/c1-4-19(2,3)14-20-17-10-12-18(13-11-17)22-15-21-16-8-6-5-7-9-16/h5-13,20-22H,4,14-15H2,1-3H3. The lowest BCUT2D eigenvalue weighted by Gasteiger charge is -2.23. The van der Waals surface area contributed by atoms with Gasteiger partial charge in [0.05, 0.1) is 6.67 Å². The summed E-state index contributed by atoms with van der Waals surface area (Å²) in [6.07, 6.45) is 1.17. The van der Waals surface area contributed by atoms with E-state index >= 15 is 0 Å². The molecule has 2 aromatic carbocycles. The molecule has 0 saturated heterocycles. The first-order valence-electron chi connectivity index (χ1n) is 7.96. The summed E-state index contributed by atoms with van der Waals surface area (Å²) in [5.41, 5.74) is 3.73. The summed E-state index contributed by atoms with van der Waals surface area (Å²) in [7, 11) is 0. The molecule has 0 spiro atoms. The van der Waals surface area contributed by atoms with Gasteiger partial charge in [0, 0.05) is 23.6 Å². The highest BCUT2D eigenvalue weighted by molar-refractivity contribution is 5.54. The van der Waals surface area contributed by atoms with Gasteiger partial charge in [-0.15, -0.1) is 0 Å². The fourth-order valence-corrected chi connectivity index (χ4v) is 1.98. The first kappa shape index (κ1) is 16.2. The molecule has 3 N–H and O–H groups in total. The summed E-state index contributed by atoms with van der Waals surface area (Å²) in [6.45, 7) is 8.50. The van der Waals surface area contributed by atoms with Gasteiger partial charge in [0.2, 0.25) is 0 Å². The van der Waals surface area contributed by atoms with E-state index < -0.39 is 0 Å². The van der Waals surface area contributed by atoms with Crippen LogP contribution in [0.3, 0.4) is 0 Å². The minimum atomic E-state index is 0.330. The first-order chi connectivity index (χ1) is 10.6. The number of hydrogen-bond donors (Lipinski definition) is 3. The van der Waals surface area contributed by atoms with Crippen LogP contribution in [0.2, 0.25) is 0 Å². The fourth-order valence-electron chi connectivity index (χ4n) is 1.98. The molecule has 2 aromatic rings. The Morgan fingerprint density at radius 2 is 1.23 bits per heavy atom. The molecular formula is C19H27N3. The number of hydrogen-bond acceptors (Lipinski definition) is 3. The summed E-state index contributed by atoms with van der Waals surface area (Å²) in [5, 5.41) is 10.2. The monoisotopic (exact) mass is 297 g/mol. The number of benzene rings is 2. The molecule has 0 bridgehead atoms. The van der Waals surface area contributed by atoms with Crippen molar-refractivity contribution < 1.29 is 0 Å². The van der Waals surface area contributed by atoms with E-state index in [1.807, 2.05) is 18.2 Å². The van der Waals surface area contributed by atoms with Gasteiger partial charge in [-0.05, 0) is 48.2 Å². The van der Waals surface area contributed by atoms with E-state index in [0.717, 1.165) is 17.9 Å². The van der Waals surface area contributed by atoms with Crippen molar-refractivity contribution >= 4 is 17.1 Å². The number of rotatable bonds is 8. The molecule has 0 unspecified atom stereocenters. The molecule has 0 fully saturated rings. The average molecular weight is 297 g/mol. The lowest BCUT2D eigenvalue weighted by molar-refractivity contribution is 0.377. The topological polar surface area (TPSA) is 36.1 Å². The van der Waals surface area contributed by atoms with Gasteiger partial charge in [-0.3, -0.25) is 0 Å². The molecule has 0 aliphatic carbocycles. The molecule has 118 valence electrons. The van der Waals surface area contributed by atoms with Crippen molar-refractivity contribution in [1.29, 1.82) is 0 Å². The Hall–Kier alpha value is -2.16. The summed E-state index contributed by atoms with van der Waals surface area (Å²) in [6, 6.07) is 18.6. The Morgan fingerprint density at radius 1 is 0.727 bits per heavy atom. The van der Waals surface area contributed by atoms with E-state index in [2.05, 4.69) is 73.1 Å². The Kier molecular flexibility index (Phi) is 5.70. The lowest BCUT2D eigenvalue weighted by atomic mass is 9.90. The van der Waals surface area contributed by atoms with E-state index in [1.54, 1.807) is 0 Å². The minimum absolute atomic E-state index is 0.330. The third-order valence-electron chi connectivity index (χ3n) is 3.97. The van der Waals surface area contributed by atoms with Gasteiger partial charge >= 0.3 is 0 Å². The summed E-state index contributed by atoms with van der Waals surface area (Å²) in [4.78, 5) is 0. The van der Waals surface area contributed by atoms with Crippen molar-refractivity contribution in [3.05, 3.63) is 54.6 Å². The molecule has 0 aliphatic heterocycles. The quantitative estimate of drug-likeness (QED) is 0.599. The van der Waals surface area contributed by atoms with Crippen LogP contribution in [0.1, 0.15) is 27.2 Å². The highest BCUT2D eigenvalue weighted by atomic mass is 15.1. The van der Waals surface area contributed by atoms with Crippen LogP contribution in [0.4, 0.5) is 17.1 Å². The van der Waals surface area contributed by atoms with Crippen molar-refractivity contribution in [3.63, 3.8) is 0 Å².